The van der Waals surface area contributed by atoms with Crippen LogP contribution in [-0.4, -0.2) is 87.5 Å². The summed E-state index contributed by atoms with van der Waals surface area (Å²) in [6.45, 7) is 4.40. The highest BCUT2D eigenvalue weighted by Gasteiger charge is 2.42. The van der Waals surface area contributed by atoms with Gasteiger partial charge in [0.15, 0.2) is 5.82 Å². The summed E-state index contributed by atoms with van der Waals surface area (Å²) in [4.78, 5) is 39.2. The molecule has 4 aromatic rings. The Hall–Kier alpha value is -4.00. The Morgan fingerprint density at radius 2 is 1.88 bits per heavy atom. The van der Waals surface area contributed by atoms with Crippen molar-refractivity contribution in [1.29, 1.82) is 0 Å². The van der Waals surface area contributed by atoms with Gasteiger partial charge >= 0.3 is 0 Å². The molecule has 2 saturated heterocycles. The molecule has 48 heavy (non-hydrogen) atoms. The van der Waals surface area contributed by atoms with Gasteiger partial charge in [-0.1, -0.05) is 19.3 Å². The first-order valence-corrected chi connectivity index (χ1v) is 17.3. The number of carbonyl (C=O) groups excluding carboxylic acids is 2. The number of pyridine rings is 1. The Morgan fingerprint density at radius 3 is 2.62 bits per heavy atom. The third-order valence-corrected chi connectivity index (χ3v) is 10.6. The fraction of sp³-hybridized carbons (Fsp3) is 0.556. The van der Waals surface area contributed by atoms with Crippen LogP contribution in [0.15, 0.2) is 30.3 Å². The molecule has 2 amide bonds. The van der Waals surface area contributed by atoms with Crippen LogP contribution in [-0.2, 0) is 27.9 Å². The molecule has 12 heteroatoms. The number of ether oxygens (including phenoxy) is 3. The summed E-state index contributed by atoms with van der Waals surface area (Å²) in [6.07, 6.45) is 7.02. The molecule has 3 aliphatic rings. The van der Waals surface area contributed by atoms with Crippen molar-refractivity contribution in [3.05, 3.63) is 41.6 Å². The van der Waals surface area contributed by atoms with Crippen LogP contribution in [0.4, 0.5) is 0 Å². The summed E-state index contributed by atoms with van der Waals surface area (Å²) in [5.41, 5.74) is 10.2. The number of hydrogen-bond acceptors (Lipinski definition) is 8. The van der Waals surface area contributed by atoms with Gasteiger partial charge in [0, 0.05) is 57.4 Å². The average molecular weight is 658 g/mol. The molecule has 12 nitrogen and oxygen atoms in total. The van der Waals surface area contributed by atoms with E-state index in [1.165, 1.54) is 0 Å². The number of likely N-dealkylation sites (tertiary alicyclic amines) is 1. The van der Waals surface area contributed by atoms with Crippen molar-refractivity contribution in [2.75, 3.05) is 33.9 Å². The maximum absolute atomic E-state index is 13.7. The summed E-state index contributed by atoms with van der Waals surface area (Å²) in [7, 11) is 5.26. The molecule has 3 aliphatic heterocycles. The molecule has 4 atom stereocenters. The van der Waals surface area contributed by atoms with Crippen molar-refractivity contribution in [3.8, 4) is 17.3 Å². The number of aryl methyl sites for hydroxylation is 2. The Balaban J connectivity index is 1.26. The van der Waals surface area contributed by atoms with Gasteiger partial charge in [-0.3, -0.25) is 9.59 Å². The number of imidazole rings is 1. The van der Waals surface area contributed by atoms with Crippen LogP contribution >= 0.6 is 0 Å². The largest absolute Gasteiger partial charge is 0.494 e. The molecular weight excluding hydrogens is 610 g/mol. The molecule has 7 rings (SSSR count). The second-order valence-electron chi connectivity index (χ2n) is 13.7. The highest BCUT2D eigenvalue weighted by atomic mass is 16.5. The van der Waals surface area contributed by atoms with E-state index < -0.39 is 5.60 Å². The van der Waals surface area contributed by atoms with Crippen LogP contribution in [0.5, 0.6) is 5.75 Å². The molecule has 2 fully saturated rings. The lowest BCUT2D eigenvalue weighted by Gasteiger charge is -2.36. The highest BCUT2D eigenvalue weighted by molar-refractivity contribution is 6.00. The lowest BCUT2D eigenvalue weighted by Crippen LogP contribution is -2.53. The summed E-state index contributed by atoms with van der Waals surface area (Å²) in [5.74, 6) is 1.21. The molecule has 0 aliphatic carbocycles. The van der Waals surface area contributed by atoms with Crippen molar-refractivity contribution in [2.24, 2.45) is 12.8 Å². The van der Waals surface area contributed by atoms with Gasteiger partial charge in [0.25, 0.3) is 11.8 Å². The SMILES string of the molecule is COc1cc(C(=O)N2CC[C@@H](OC)[C@@H](N)C2)cc2nc(-c3cc4ccc5nc4n3CCCCCC[C@@]3(CCCO3)C(=O)N[C@@H]5C)n(C)c12. The number of amides is 2. The molecule has 6 heterocycles. The maximum atomic E-state index is 13.7. The van der Waals surface area contributed by atoms with E-state index in [-0.39, 0.29) is 30.0 Å². The fourth-order valence-corrected chi connectivity index (χ4v) is 7.86. The number of carbonyl (C=O) groups is 2. The first kappa shape index (κ1) is 32.5. The Bertz CT molecular complexity index is 1840. The molecule has 0 saturated carbocycles. The van der Waals surface area contributed by atoms with E-state index in [1.807, 2.05) is 30.7 Å². The van der Waals surface area contributed by atoms with E-state index >= 15 is 0 Å². The zero-order valence-corrected chi connectivity index (χ0v) is 28.5. The van der Waals surface area contributed by atoms with Crippen LogP contribution in [0, 0.1) is 0 Å². The van der Waals surface area contributed by atoms with E-state index in [2.05, 4.69) is 22.0 Å². The minimum atomic E-state index is -0.727. The van der Waals surface area contributed by atoms with Gasteiger partial charge in [0.05, 0.1) is 36.2 Å². The van der Waals surface area contributed by atoms with Crippen LogP contribution in [0.3, 0.4) is 0 Å². The topological polar surface area (TPSA) is 139 Å². The number of nitrogens with zero attached hydrogens (tertiary/aromatic N) is 5. The fourth-order valence-electron chi connectivity index (χ4n) is 7.86. The number of fused-ring (bicyclic) bond motifs is 2. The molecular formula is C36H47N7O5. The first-order chi connectivity index (χ1) is 23.2. The van der Waals surface area contributed by atoms with Crippen molar-refractivity contribution in [1.82, 2.24) is 29.3 Å². The second-order valence-corrected chi connectivity index (χ2v) is 13.7. The molecule has 2 bridgehead atoms. The number of benzene rings is 1. The van der Waals surface area contributed by atoms with E-state index in [4.69, 9.17) is 29.9 Å². The van der Waals surface area contributed by atoms with E-state index in [1.54, 1.807) is 25.2 Å². The smallest absolute Gasteiger partial charge is 0.254 e. The quantitative estimate of drug-likeness (QED) is 0.328. The zero-order valence-electron chi connectivity index (χ0n) is 28.5. The van der Waals surface area contributed by atoms with Gasteiger partial charge in [-0.05, 0) is 69.4 Å². The Labute approximate surface area is 280 Å². The number of aromatic nitrogens is 4. The minimum Gasteiger partial charge on any atom is -0.494 e. The van der Waals surface area contributed by atoms with Crippen LogP contribution in [0.2, 0.25) is 0 Å². The standard InChI is InChI=1S/C36H47N7O5/c1-22-26-11-10-23-19-28(43(32(23)39-26)15-8-6-5-7-13-36(35(45)38-22)14-9-17-48-36)33-40-27-18-24(20-30(47-4)31(27)41(33)2)34(44)42-16-12-29(46-3)25(37)21-42/h10-11,18-20,22,25,29H,5-9,12-17,21,37H2,1-4H3,(H,38,45)/t22-,25+,29-,36-/m1/s1. The van der Waals surface area contributed by atoms with Crippen LogP contribution in [0.25, 0.3) is 33.6 Å². The number of nitrogens with two attached hydrogens (primary N) is 1. The van der Waals surface area contributed by atoms with Gasteiger partial charge in [0.1, 0.15) is 22.5 Å². The normalized spacial score (nSPS) is 25.6. The van der Waals surface area contributed by atoms with E-state index in [9.17, 15) is 9.59 Å². The van der Waals surface area contributed by atoms with Gasteiger partial charge in [-0.15, -0.1) is 0 Å². The molecule has 256 valence electrons. The molecule has 1 aromatic carbocycles. The lowest BCUT2D eigenvalue weighted by molar-refractivity contribution is -0.143. The number of hydrogen-bond donors (Lipinski definition) is 2. The van der Waals surface area contributed by atoms with Crippen LogP contribution in [0.1, 0.15) is 80.4 Å². The van der Waals surface area contributed by atoms with E-state index in [0.29, 0.717) is 42.9 Å². The number of nitrogens with one attached hydrogen (secondary N) is 1. The molecule has 3 aromatic heterocycles. The summed E-state index contributed by atoms with van der Waals surface area (Å²) in [6, 6.07) is 9.34. The van der Waals surface area contributed by atoms with Gasteiger partial charge in [-0.2, -0.15) is 0 Å². The van der Waals surface area contributed by atoms with E-state index in [0.717, 1.165) is 85.3 Å². The average Bonchev–Trinajstić information content (AvgIpc) is 3.81. The molecule has 0 unspecified atom stereocenters. The van der Waals surface area contributed by atoms with Crippen molar-refractivity contribution < 1.29 is 23.8 Å². The van der Waals surface area contributed by atoms with Crippen molar-refractivity contribution >= 4 is 33.9 Å². The number of piperidine rings is 1. The molecule has 0 radical (unpaired) electrons. The van der Waals surface area contributed by atoms with Gasteiger partial charge < -0.3 is 39.3 Å². The Kier molecular flexibility index (Phi) is 8.90. The monoisotopic (exact) mass is 657 g/mol. The third kappa shape index (κ3) is 5.73. The number of methoxy groups -OCH3 is 2. The second kappa shape index (κ2) is 13.1. The molecule has 1 spiro atoms. The van der Waals surface area contributed by atoms with Crippen LogP contribution < -0.4 is 15.8 Å². The van der Waals surface area contributed by atoms with Crippen molar-refractivity contribution in [3.63, 3.8) is 0 Å². The predicted octanol–water partition coefficient (Wildman–Crippen LogP) is 4.48. The minimum absolute atomic E-state index is 0.0312. The maximum Gasteiger partial charge on any atom is 0.254 e. The third-order valence-electron chi connectivity index (χ3n) is 10.6. The van der Waals surface area contributed by atoms with Crippen molar-refractivity contribution in [2.45, 2.75) is 88.6 Å². The van der Waals surface area contributed by atoms with Gasteiger partial charge in [-0.25, -0.2) is 9.97 Å². The van der Waals surface area contributed by atoms with Gasteiger partial charge in [0.2, 0.25) is 0 Å². The Morgan fingerprint density at radius 1 is 1.06 bits per heavy atom. The molecule has 3 N–H and O–H groups in total. The summed E-state index contributed by atoms with van der Waals surface area (Å²) >= 11 is 0. The first-order valence-electron chi connectivity index (χ1n) is 17.3. The summed E-state index contributed by atoms with van der Waals surface area (Å²) < 4.78 is 21.7. The predicted molar refractivity (Wildman–Crippen MR) is 183 cm³/mol. The summed E-state index contributed by atoms with van der Waals surface area (Å²) in [5, 5.41) is 4.22. The number of rotatable bonds is 4. The highest BCUT2D eigenvalue weighted by Crippen LogP contribution is 2.36. The zero-order chi connectivity index (χ0) is 33.6. The lowest BCUT2D eigenvalue weighted by atomic mass is 9.91.